The third kappa shape index (κ3) is 9.29. The smallest absolute Gasteiger partial charge is 0.412 e. The van der Waals surface area contributed by atoms with Gasteiger partial charge in [0.15, 0.2) is 0 Å². The van der Waals surface area contributed by atoms with E-state index in [2.05, 4.69) is 10.6 Å². The van der Waals surface area contributed by atoms with Crippen LogP contribution >= 0.6 is 0 Å². The van der Waals surface area contributed by atoms with Crippen LogP contribution in [0, 0.1) is 0 Å². The summed E-state index contributed by atoms with van der Waals surface area (Å²) in [5.41, 5.74) is -1.48. The Morgan fingerprint density at radius 3 is 2.15 bits per heavy atom. The second-order valence-electron chi connectivity index (χ2n) is 7.40. The summed E-state index contributed by atoms with van der Waals surface area (Å²) in [7, 11) is 0. The third-order valence-corrected chi connectivity index (χ3v) is 3.01. The minimum absolute atomic E-state index is 0.0778. The van der Waals surface area contributed by atoms with Gasteiger partial charge in [0.1, 0.15) is 17.9 Å². The zero-order chi connectivity index (χ0) is 20.7. The molecule has 0 aliphatic heterocycles. The summed E-state index contributed by atoms with van der Waals surface area (Å²) in [6, 6.07) is 9.12. The first kappa shape index (κ1) is 22.0. The number of carboxylic acid groups (broad SMARTS) is 1. The Balaban J connectivity index is 2.72. The molecule has 0 spiro atoms. The van der Waals surface area contributed by atoms with Crippen molar-refractivity contribution in [1.82, 2.24) is 10.6 Å². The van der Waals surface area contributed by atoms with Gasteiger partial charge in [0.25, 0.3) is 0 Å². The van der Waals surface area contributed by atoms with Crippen molar-refractivity contribution < 1.29 is 29.0 Å². The lowest BCUT2D eigenvalue weighted by atomic mass is 10.0. The molecule has 3 N–H and O–H groups in total. The van der Waals surface area contributed by atoms with Gasteiger partial charge in [-0.3, -0.25) is 5.32 Å². The molecule has 8 heteroatoms. The lowest BCUT2D eigenvalue weighted by molar-refractivity contribution is -0.133. The van der Waals surface area contributed by atoms with Crippen LogP contribution in [0.25, 0.3) is 0 Å². The average molecular weight is 378 g/mol. The number of benzene rings is 1. The van der Waals surface area contributed by atoms with E-state index in [0.717, 1.165) is 5.56 Å². The second-order valence-corrected chi connectivity index (χ2v) is 7.40. The summed E-state index contributed by atoms with van der Waals surface area (Å²) >= 11 is 0. The van der Waals surface area contributed by atoms with E-state index in [1.165, 1.54) is 6.08 Å². The quantitative estimate of drug-likeness (QED) is 0.655. The number of carbonyl (C=O) groups excluding carboxylic acids is 2. The summed E-state index contributed by atoms with van der Waals surface area (Å²) in [5, 5.41) is 14.0. The minimum atomic E-state index is -1.37. The fourth-order valence-electron chi connectivity index (χ4n) is 1.98. The number of amides is 2. The lowest BCUT2D eigenvalue weighted by Crippen LogP contribution is -2.44. The zero-order valence-electron chi connectivity index (χ0n) is 16.2. The molecule has 1 aromatic carbocycles. The Labute approximate surface area is 158 Å². The molecule has 1 rings (SSSR count). The van der Waals surface area contributed by atoms with Crippen LogP contribution in [-0.2, 0) is 20.9 Å². The Kier molecular flexibility index (Phi) is 7.39. The second kappa shape index (κ2) is 9.07. The summed E-state index contributed by atoms with van der Waals surface area (Å²) in [4.78, 5) is 35.2. The Morgan fingerprint density at radius 2 is 1.63 bits per heavy atom. The summed E-state index contributed by atoms with van der Waals surface area (Å²) < 4.78 is 10.1. The molecule has 27 heavy (non-hydrogen) atoms. The number of carboxylic acids is 1. The van der Waals surface area contributed by atoms with Gasteiger partial charge in [-0.1, -0.05) is 30.3 Å². The van der Waals surface area contributed by atoms with Gasteiger partial charge in [0, 0.05) is 0 Å². The highest BCUT2D eigenvalue weighted by Crippen LogP contribution is 2.11. The molecule has 0 atom stereocenters. The van der Waals surface area contributed by atoms with Crippen LogP contribution < -0.4 is 10.6 Å². The van der Waals surface area contributed by atoms with E-state index in [-0.39, 0.29) is 6.61 Å². The van der Waals surface area contributed by atoms with E-state index >= 15 is 0 Å². The fraction of sp³-hybridized carbons (Fsp3) is 0.421. The van der Waals surface area contributed by atoms with Crippen molar-refractivity contribution in [2.24, 2.45) is 0 Å². The summed E-state index contributed by atoms with van der Waals surface area (Å²) in [5.74, 6) is -1.37. The highest BCUT2D eigenvalue weighted by atomic mass is 16.6. The number of aliphatic carboxylic acids is 1. The van der Waals surface area contributed by atoms with Gasteiger partial charge in [-0.15, -0.1) is 0 Å². The van der Waals surface area contributed by atoms with E-state index in [0.29, 0.717) is 0 Å². The minimum Gasteiger partial charge on any atom is -0.477 e. The van der Waals surface area contributed by atoms with Crippen LogP contribution in [0.2, 0.25) is 0 Å². The molecule has 0 aliphatic rings. The van der Waals surface area contributed by atoms with Crippen LogP contribution in [0.5, 0.6) is 0 Å². The van der Waals surface area contributed by atoms with Crippen molar-refractivity contribution in [1.29, 1.82) is 0 Å². The molecular formula is C19H26N2O6. The molecule has 0 bridgehead atoms. The van der Waals surface area contributed by atoms with E-state index in [4.69, 9.17) is 9.47 Å². The average Bonchev–Trinajstić information content (AvgIpc) is 2.50. The SMILES string of the molecule is CC(C)(/C=C(\NC(=O)OC(C)(C)C)C(=O)O)NC(=O)OCc1ccccc1. The molecule has 0 saturated heterocycles. The number of hydrogen-bond donors (Lipinski definition) is 3. The summed E-state index contributed by atoms with van der Waals surface area (Å²) in [6.45, 7) is 8.18. The van der Waals surface area contributed by atoms with Gasteiger partial charge >= 0.3 is 18.2 Å². The highest BCUT2D eigenvalue weighted by Gasteiger charge is 2.24. The normalized spacial score (nSPS) is 12.1. The maximum absolute atomic E-state index is 12.0. The molecule has 0 heterocycles. The molecular weight excluding hydrogens is 352 g/mol. The fourth-order valence-corrected chi connectivity index (χ4v) is 1.98. The number of hydrogen-bond acceptors (Lipinski definition) is 5. The third-order valence-electron chi connectivity index (χ3n) is 3.01. The van der Waals surface area contributed by atoms with E-state index in [1.54, 1.807) is 34.6 Å². The van der Waals surface area contributed by atoms with Crippen molar-refractivity contribution in [3.05, 3.63) is 47.7 Å². The Hall–Kier alpha value is -3.03. The molecule has 0 fully saturated rings. The monoisotopic (exact) mass is 378 g/mol. The molecule has 8 nitrogen and oxygen atoms in total. The van der Waals surface area contributed by atoms with Crippen molar-refractivity contribution in [3.8, 4) is 0 Å². The number of nitrogens with one attached hydrogen (secondary N) is 2. The Bertz CT molecular complexity index is 705. The number of carbonyl (C=O) groups is 3. The van der Waals surface area contributed by atoms with Crippen molar-refractivity contribution >= 4 is 18.2 Å². The van der Waals surface area contributed by atoms with Crippen LogP contribution in [-0.4, -0.2) is 34.4 Å². The molecule has 0 aliphatic carbocycles. The maximum atomic E-state index is 12.0. The zero-order valence-corrected chi connectivity index (χ0v) is 16.2. The van der Waals surface area contributed by atoms with Gasteiger partial charge in [0.05, 0.1) is 5.54 Å². The first-order valence-electron chi connectivity index (χ1n) is 8.33. The van der Waals surface area contributed by atoms with Crippen LogP contribution in [0.3, 0.4) is 0 Å². The van der Waals surface area contributed by atoms with E-state index in [1.807, 2.05) is 30.3 Å². The van der Waals surface area contributed by atoms with Gasteiger partial charge in [-0.05, 0) is 46.3 Å². The van der Waals surface area contributed by atoms with Crippen molar-refractivity contribution in [2.45, 2.75) is 52.4 Å². The van der Waals surface area contributed by atoms with Gasteiger partial charge < -0.3 is 19.9 Å². The van der Waals surface area contributed by atoms with Crippen LogP contribution in [0.4, 0.5) is 9.59 Å². The standard InChI is InChI=1S/C19H26N2O6/c1-18(2,3)27-16(24)20-14(15(22)23)11-19(4,5)21-17(25)26-12-13-9-7-6-8-10-13/h6-11H,12H2,1-5H3,(H,20,24)(H,21,25)(H,22,23)/b14-11-. The summed E-state index contributed by atoms with van der Waals surface area (Å²) in [6.07, 6.45) is -0.427. The molecule has 0 saturated carbocycles. The van der Waals surface area contributed by atoms with E-state index < -0.39 is 35.0 Å². The lowest BCUT2D eigenvalue weighted by Gasteiger charge is -2.24. The van der Waals surface area contributed by atoms with Gasteiger partial charge in [-0.2, -0.15) is 0 Å². The first-order chi connectivity index (χ1) is 12.4. The molecule has 0 aromatic heterocycles. The highest BCUT2D eigenvalue weighted by molar-refractivity contribution is 5.91. The van der Waals surface area contributed by atoms with Crippen LogP contribution in [0.15, 0.2) is 42.1 Å². The number of rotatable bonds is 6. The molecule has 2 amide bonds. The van der Waals surface area contributed by atoms with E-state index in [9.17, 15) is 19.5 Å². The van der Waals surface area contributed by atoms with Crippen molar-refractivity contribution in [3.63, 3.8) is 0 Å². The molecule has 1 aromatic rings. The van der Waals surface area contributed by atoms with Gasteiger partial charge in [-0.25, -0.2) is 14.4 Å². The predicted molar refractivity (Wildman–Crippen MR) is 98.9 cm³/mol. The molecule has 148 valence electrons. The first-order valence-corrected chi connectivity index (χ1v) is 8.33. The van der Waals surface area contributed by atoms with Crippen LogP contribution in [0.1, 0.15) is 40.2 Å². The Morgan fingerprint density at radius 1 is 1.04 bits per heavy atom. The molecule has 0 unspecified atom stereocenters. The molecule has 0 radical (unpaired) electrons. The number of ether oxygens (including phenoxy) is 2. The number of alkyl carbamates (subject to hydrolysis) is 2. The van der Waals surface area contributed by atoms with Crippen molar-refractivity contribution in [2.75, 3.05) is 0 Å². The predicted octanol–water partition coefficient (Wildman–Crippen LogP) is 3.18. The largest absolute Gasteiger partial charge is 0.477 e. The van der Waals surface area contributed by atoms with Gasteiger partial charge in [0.2, 0.25) is 0 Å². The topological polar surface area (TPSA) is 114 Å². The maximum Gasteiger partial charge on any atom is 0.412 e.